The van der Waals surface area contributed by atoms with E-state index < -0.39 is 0 Å². The summed E-state index contributed by atoms with van der Waals surface area (Å²) in [6.45, 7) is 3.09. The molecule has 1 aliphatic heterocycles. The van der Waals surface area contributed by atoms with Gasteiger partial charge in [0, 0.05) is 25.7 Å². The number of hydrogen-bond donors (Lipinski definition) is 0. The van der Waals surface area contributed by atoms with Crippen LogP contribution in [-0.2, 0) is 13.1 Å². The van der Waals surface area contributed by atoms with Gasteiger partial charge >= 0.3 is 0 Å². The predicted molar refractivity (Wildman–Crippen MR) is 55.7 cm³/mol. The first kappa shape index (κ1) is 9.09. The summed E-state index contributed by atoms with van der Waals surface area (Å²) in [5.41, 5.74) is 1.77. The lowest BCUT2D eigenvalue weighted by Gasteiger charge is -2.18. The van der Waals surface area contributed by atoms with Gasteiger partial charge in [0.25, 0.3) is 0 Å². The van der Waals surface area contributed by atoms with E-state index in [1.165, 1.54) is 25.1 Å². The van der Waals surface area contributed by atoms with Crippen molar-refractivity contribution in [3.05, 3.63) is 17.5 Å². The van der Waals surface area contributed by atoms with Gasteiger partial charge in [0.05, 0.1) is 5.69 Å². The van der Waals surface area contributed by atoms with E-state index in [4.69, 9.17) is 0 Å². The Labute approximate surface area is 88.9 Å². The Morgan fingerprint density at radius 1 is 1.40 bits per heavy atom. The Balaban J connectivity index is 1.86. The molecule has 1 aromatic heterocycles. The summed E-state index contributed by atoms with van der Waals surface area (Å²) in [6, 6.07) is 2.72. The van der Waals surface area contributed by atoms with Crippen LogP contribution in [0.4, 0.5) is 0 Å². The zero-order valence-corrected chi connectivity index (χ0v) is 8.72. The molecule has 3 rings (SSSR count). The summed E-state index contributed by atoms with van der Waals surface area (Å²) >= 11 is 0. The van der Waals surface area contributed by atoms with Gasteiger partial charge in [-0.1, -0.05) is 0 Å². The van der Waals surface area contributed by atoms with Gasteiger partial charge in [-0.25, -0.2) is 0 Å². The number of carbonyl (C=O) groups excluding carboxylic acids is 1. The fourth-order valence-electron chi connectivity index (χ4n) is 2.32. The van der Waals surface area contributed by atoms with Crippen LogP contribution >= 0.6 is 0 Å². The van der Waals surface area contributed by atoms with E-state index in [1.807, 2.05) is 10.7 Å². The first-order valence-electron chi connectivity index (χ1n) is 5.63. The first-order valence-corrected chi connectivity index (χ1v) is 5.63. The van der Waals surface area contributed by atoms with Gasteiger partial charge in [0.15, 0.2) is 6.29 Å². The van der Waals surface area contributed by atoms with Crippen LogP contribution in [-0.4, -0.2) is 33.6 Å². The molecular weight excluding hydrogens is 190 g/mol. The van der Waals surface area contributed by atoms with E-state index in [0.29, 0.717) is 5.69 Å². The highest BCUT2D eigenvalue weighted by Gasteiger charge is 2.30. The topological polar surface area (TPSA) is 38.1 Å². The maximum absolute atomic E-state index is 10.6. The van der Waals surface area contributed by atoms with Crippen molar-refractivity contribution < 1.29 is 4.79 Å². The van der Waals surface area contributed by atoms with Crippen molar-refractivity contribution in [2.24, 2.45) is 0 Å². The number of rotatable bonds is 2. The van der Waals surface area contributed by atoms with Gasteiger partial charge in [-0.15, -0.1) is 0 Å². The Morgan fingerprint density at radius 2 is 2.27 bits per heavy atom. The lowest BCUT2D eigenvalue weighted by molar-refractivity contribution is 0.111. The molecule has 0 spiro atoms. The van der Waals surface area contributed by atoms with E-state index in [9.17, 15) is 4.79 Å². The van der Waals surface area contributed by atoms with E-state index in [1.54, 1.807) is 0 Å². The third-order valence-electron chi connectivity index (χ3n) is 3.25. The van der Waals surface area contributed by atoms with Crippen molar-refractivity contribution in [2.75, 3.05) is 6.54 Å². The van der Waals surface area contributed by atoms with Crippen LogP contribution in [0.5, 0.6) is 0 Å². The van der Waals surface area contributed by atoms with Crippen LogP contribution in [0.25, 0.3) is 0 Å². The van der Waals surface area contributed by atoms with E-state index >= 15 is 0 Å². The standard InChI is InChI=1S/C11H15N3O/c15-8-9-6-11-7-13(10-2-3-10)4-1-5-14(11)12-9/h6,8,10H,1-5,7H2. The minimum atomic E-state index is 0.572. The van der Waals surface area contributed by atoms with Crippen LogP contribution < -0.4 is 0 Å². The minimum Gasteiger partial charge on any atom is -0.296 e. The highest BCUT2D eigenvalue weighted by atomic mass is 16.1. The fourth-order valence-corrected chi connectivity index (χ4v) is 2.32. The summed E-state index contributed by atoms with van der Waals surface area (Å²) in [5, 5.41) is 4.27. The molecule has 0 atom stereocenters. The number of fused-ring (bicyclic) bond motifs is 1. The zero-order valence-electron chi connectivity index (χ0n) is 8.72. The minimum absolute atomic E-state index is 0.572. The quantitative estimate of drug-likeness (QED) is 0.678. The van der Waals surface area contributed by atoms with E-state index in [2.05, 4.69) is 10.00 Å². The molecule has 1 saturated carbocycles. The summed E-state index contributed by atoms with van der Waals surface area (Å²) in [6.07, 6.45) is 4.66. The Kier molecular flexibility index (Phi) is 2.09. The molecule has 2 heterocycles. The van der Waals surface area contributed by atoms with Crippen LogP contribution in [0.15, 0.2) is 6.07 Å². The highest BCUT2D eigenvalue weighted by Crippen LogP contribution is 2.29. The van der Waals surface area contributed by atoms with Crippen LogP contribution in [0.3, 0.4) is 0 Å². The average molecular weight is 205 g/mol. The monoisotopic (exact) mass is 205 g/mol. The largest absolute Gasteiger partial charge is 0.296 e. The van der Waals surface area contributed by atoms with Crippen molar-refractivity contribution in [1.82, 2.24) is 14.7 Å². The molecule has 15 heavy (non-hydrogen) atoms. The smallest absolute Gasteiger partial charge is 0.170 e. The van der Waals surface area contributed by atoms with Gasteiger partial charge in [-0.05, 0) is 25.3 Å². The summed E-state index contributed by atoms with van der Waals surface area (Å²) in [4.78, 5) is 13.2. The van der Waals surface area contributed by atoms with Gasteiger partial charge < -0.3 is 0 Å². The molecule has 1 aliphatic carbocycles. The van der Waals surface area contributed by atoms with Crippen LogP contribution in [0.1, 0.15) is 35.4 Å². The Bertz CT molecular complexity index is 381. The number of aldehydes is 1. The average Bonchev–Trinajstić information content (AvgIpc) is 3.03. The van der Waals surface area contributed by atoms with Crippen molar-refractivity contribution >= 4 is 6.29 Å². The molecule has 0 radical (unpaired) electrons. The number of aryl methyl sites for hydroxylation is 1. The molecule has 80 valence electrons. The SMILES string of the molecule is O=Cc1cc2n(n1)CCCN(C1CC1)C2. The lowest BCUT2D eigenvalue weighted by Crippen LogP contribution is -2.25. The van der Waals surface area contributed by atoms with Crippen LogP contribution in [0, 0.1) is 0 Å². The molecule has 0 N–H and O–H groups in total. The highest BCUT2D eigenvalue weighted by molar-refractivity contribution is 5.71. The second-order valence-electron chi connectivity index (χ2n) is 4.46. The Hall–Kier alpha value is -1.16. The van der Waals surface area contributed by atoms with Crippen molar-refractivity contribution in [3.8, 4) is 0 Å². The van der Waals surface area contributed by atoms with Crippen molar-refractivity contribution in [3.63, 3.8) is 0 Å². The van der Waals surface area contributed by atoms with Crippen molar-refractivity contribution in [2.45, 2.75) is 38.4 Å². The molecule has 2 aliphatic rings. The number of hydrogen-bond acceptors (Lipinski definition) is 3. The summed E-state index contributed by atoms with van der Waals surface area (Å²) in [5.74, 6) is 0. The lowest BCUT2D eigenvalue weighted by atomic mass is 10.3. The summed E-state index contributed by atoms with van der Waals surface area (Å²) in [7, 11) is 0. The van der Waals surface area contributed by atoms with E-state index in [0.717, 1.165) is 31.8 Å². The van der Waals surface area contributed by atoms with Crippen LogP contribution in [0.2, 0.25) is 0 Å². The molecular formula is C11H15N3O. The molecule has 1 fully saturated rings. The number of carbonyl (C=O) groups is 1. The van der Waals surface area contributed by atoms with Gasteiger partial charge in [0.2, 0.25) is 0 Å². The fraction of sp³-hybridized carbons (Fsp3) is 0.636. The molecule has 0 bridgehead atoms. The van der Waals surface area contributed by atoms with Gasteiger partial charge in [-0.2, -0.15) is 5.10 Å². The number of nitrogens with zero attached hydrogens (tertiary/aromatic N) is 3. The second-order valence-corrected chi connectivity index (χ2v) is 4.46. The molecule has 4 heteroatoms. The Morgan fingerprint density at radius 3 is 3.00 bits per heavy atom. The molecule has 4 nitrogen and oxygen atoms in total. The molecule has 0 unspecified atom stereocenters. The van der Waals surface area contributed by atoms with Gasteiger partial charge in [0.1, 0.15) is 5.69 Å². The normalized spacial score (nSPS) is 22.1. The molecule has 0 saturated heterocycles. The summed E-state index contributed by atoms with van der Waals surface area (Å²) < 4.78 is 1.99. The predicted octanol–water partition coefficient (Wildman–Crippen LogP) is 1.06. The van der Waals surface area contributed by atoms with Gasteiger partial charge in [-0.3, -0.25) is 14.4 Å². The molecule has 0 aromatic carbocycles. The number of aromatic nitrogens is 2. The first-order chi connectivity index (χ1) is 7.36. The zero-order chi connectivity index (χ0) is 10.3. The maximum Gasteiger partial charge on any atom is 0.170 e. The maximum atomic E-state index is 10.6. The third kappa shape index (κ3) is 1.69. The van der Waals surface area contributed by atoms with E-state index in [-0.39, 0.29) is 0 Å². The molecule has 0 amide bonds. The third-order valence-corrected chi connectivity index (χ3v) is 3.25. The molecule has 1 aromatic rings. The van der Waals surface area contributed by atoms with Crippen molar-refractivity contribution in [1.29, 1.82) is 0 Å². The second kappa shape index (κ2) is 3.45.